The van der Waals surface area contributed by atoms with Crippen LogP contribution in [0.1, 0.15) is 13.8 Å². The van der Waals surface area contributed by atoms with Gasteiger partial charge < -0.3 is 15.2 Å². The molecule has 0 aromatic carbocycles. The second kappa shape index (κ2) is 5.94. The van der Waals surface area contributed by atoms with Gasteiger partial charge in [0, 0.05) is 6.04 Å². The number of nitro groups is 1. The minimum Gasteiger partial charge on any atom is -0.481 e. The molecule has 2 unspecified atom stereocenters. The van der Waals surface area contributed by atoms with Crippen LogP contribution in [0.2, 0.25) is 0 Å². The van der Waals surface area contributed by atoms with Gasteiger partial charge in [0.25, 0.3) is 5.88 Å². The molecule has 0 saturated carbocycles. The predicted molar refractivity (Wildman–Crippen MR) is 65.1 cm³/mol. The van der Waals surface area contributed by atoms with Crippen molar-refractivity contribution in [1.82, 2.24) is 9.97 Å². The van der Waals surface area contributed by atoms with Crippen LogP contribution in [0.3, 0.4) is 0 Å². The lowest BCUT2D eigenvalue weighted by Crippen LogP contribution is -2.30. The van der Waals surface area contributed by atoms with E-state index >= 15 is 0 Å². The Hall–Kier alpha value is -2.45. The largest absolute Gasteiger partial charge is 0.481 e. The highest BCUT2D eigenvalue weighted by Crippen LogP contribution is 2.31. The molecule has 0 amide bonds. The summed E-state index contributed by atoms with van der Waals surface area (Å²) in [5, 5.41) is 22.5. The van der Waals surface area contributed by atoms with E-state index in [9.17, 15) is 14.9 Å². The monoisotopic (exact) mass is 270 g/mol. The average molecular weight is 270 g/mol. The van der Waals surface area contributed by atoms with Gasteiger partial charge in [-0.05, 0) is 13.8 Å². The van der Waals surface area contributed by atoms with Crippen molar-refractivity contribution in [3.05, 3.63) is 16.4 Å². The zero-order chi connectivity index (χ0) is 14.6. The lowest BCUT2D eigenvalue weighted by atomic mass is 10.0. The van der Waals surface area contributed by atoms with Crippen molar-refractivity contribution in [2.75, 3.05) is 12.4 Å². The second-order valence-corrected chi connectivity index (χ2v) is 3.90. The number of aromatic nitrogens is 2. The van der Waals surface area contributed by atoms with Gasteiger partial charge in [-0.15, -0.1) is 0 Å². The minimum absolute atomic E-state index is 0.0718. The van der Waals surface area contributed by atoms with Gasteiger partial charge in [0.1, 0.15) is 6.33 Å². The molecule has 19 heavy (non-hydrogen) atoms. The van der Waals surface area contributed by atoms with E-state index in [0.717, 1.165) is 6.33 Å². The number of carbonyl (C=O) groups is 1. The summed E-state index contributed by atoms with van der Waals surface area (Å²) in [6.07, 6.45) is 1.10. The van der Waals surface area contributed by atoms with Crippen molar-refractivity contribution in [3.8, 4) is 5.88 Å². The number of nitrogens with zero attached hydrogens (tertiary/aromatic N) is 3. The summed E-state index contributed by atoms with van der Waals surface area (Å²) in [6.45, 7) is 3.08. The van der Waals surface area contributed by atoms with Gasteiger partial charge in [-0.3, -0.25) is 14.9 Å². The van der Waals surface area contributed by atoms with E-state index in [1.54, 1.807) is 6.92 Å². The summed E-state index contributed by atoms with van der Waals surface area (Å²) in [5.74, 6) is -2.00. The van der Waals surface area contributed by atoms with Gasteiger partial charge in [-0.1, -0.05) is 0 Å². The number of hydrogen-bond donors (Lipinski definition) is 2. The van der Waals surface area contributed by atoms with Gasteiger partial charge in [0.15, 0.2) is 0 Å². The molecule has 1 aromatic heterocycles. The summed E-state index contributed by atoms with van der Waals surface area (Å²) in [7, 11) is 1.25. The maximum absolute atomic E-state index is 11.0. The summed E-state index contributed by atoms with van der Waals surface area (Å²) >= 11 is 0. The number of hydrogen-bond acceptors (Lipinski definition) is 7. The third-order valence-corrected chi connectivity index (χ3v) is 2.67. The molecule has 0 bridgehead atoms. The van der Waals surface area contributed by atoms with E-state index in [4.69, 9.17) is 9.84 Å². The third-order valence-electron chi connectivity index (χ3n) is 2.67. The first-order chi connectivity index (χ1) is 8.88. The van der Waals surface area contributed by atoms with Crippen LogP contribution < -0.4 is 10.1 Å². The number of nitrogens with one attached hydrogen (secondary N) is 1. The van der Waals surface area contributed by atoms with E-state index in [0.29, 0.717) is 0 Å². The highest BCUT2D eigenvalue weighted by atomic mass is 16.6. The molecule has 0 spiro atoms. The van der Waals surface area contributed by atoms with Crippen LogP contribution in [0.25, 0.3) is 0 Å². The Kier molecular flexibility index (Phi) is 4.56. The fourth-order valence-electron chi connectivity index (χ4n) is 1.34. The highest BCUT2D eigenvalue weighted by Gasteiger charge is 2.27. The Bertz CT molecular complexity index is 493. The van der Waals surface area contributed by atoms with Crippen LogP contribution in [-0.4, -0.2) is 39.1 Å². The van der Waals surface area contributed by atoms with E-state index < -0.39 is 28.5 Å². The van der Waals surface area contributed by atoms with Gasteiger partial charge in [0.2, 0.25) is 5.82 Å². The van der Waals surface area contributed by atoms with Gasteiger partial charge >= 0.3 is 11.7 Å². The molecule has 9 nitrogen and oxygen atoms in total. The van der Waals surface area contributed by atoms with Crippen molar-refractivity contribution in [3.63, 3.8) is 0 Å². The molecule has 1 rings (SSSR count). The summed E-state index contributed by atoms with van der Waals surface area (Å²) < 4.78 is 4.79. The van der Waals surface area contributed by atoms with E-state index in [1.165, 1.54) is 14.0 Å². The fraction of sp³-hybridized carbons (Fsp3) is 0.500. The maximum atomic E-state index is 11.0. The lowest BCUT2D eigenvalue weighted by Gasteiger charge is -2.18. The first kappa shape index (κ1) is 14.6. The highest BCUT2D eigenvalue weighted by molar-refractivity contribution is 5.71. The van der Waals surface area contributed by atoms with Gasteiger partial charge in [0.05, 0.1) is 18.0 Å². The van der Waals surface area contributed by atoms with Crippen LogP contribution in [0.5, 0.6) is 5.88 Å². The Labute approximate surface area is 108 Å². The molecule has 0 fully saturated rings. The number of aliphatic carboxylic acids is 1. The molecule has 1 aromatic rings. The molecule has 0 saturated heterocycles. The first-order valence-corrected chi connectivity index (χ1v) is 5.41. The lowest BCUT2D eigenvalue weighted by molar-refractivity contribution is -0.385. The van der Waals surface area contributed by atoms with Gasteiger partial charge in [-0.2, -0.15) is 4.98 Å². The molecule has 0 aliphatic heterocycles. The number of carboxylic acid groups (broad SMARTS) is 1. The topological polar surface area (TPSA) is 127 Å². The maximum Gasteiger partial charge on any atom is 0.372 e. The van der Waals surface area contributed by atoms with E-state index in [2.05, 4.69) is 15.3 Å². The van der Waals surface area contributed by atoms with Crippen molar-refractivity contribution in [1.29, 1.82) is 0 Å². The normalized spacial score (nSPS) is 13.4. The Morgan fingerprint density at radius 1 is 1.53 bits per heavy atom. The van der Waals surface area contributed by atoms with Crippen LogP contribution in [0, 0.1) is 16.0 Å². The zero-order valence-corrected chi connectivity index (χ0v) is 10.7. The minimum atomic E-state index is -1.01. The predicted octanol–water partition coefficient (Wildman–Crippen LogP) is 0.914. The number of carboxylic acids is 1. The average Bonchev–Trinajstić information content (AvgIpc) is 2.36. The quantitative estimate of drug-likeness (QED) is 0.576. The summed E-state index contributed by atoms with van der Waals surface area (Å²) in [5.41, 5.74) is -0.422. The molecule has 104 valence electrons. The molecular weight excluding hydrogens is 256 g/mol. The van der Waals surface area contributed by atoms with Crippen molar-refractivity contribution in [2.24, 2.45) is 5.92 Å². The standard InChI is InChI=1S/C10H14N4O5/c1-5(10(15)16)6(2)13-8-7(14(17)18)9(19-3)12-4-11-8/h4-6H,1-3H3,(H,15,16)(H,11,12,13). The van der Waals surface area contributed by atoms with E-state index in [-0.39, 0.29) is 11.7 Å². The smallest absolute Gasteiger partial charge is 0.372 e. The number of anilines is 1. The van der Waals surface area contributed by atoms with Crippen molar-refractivity contribution < 1.29 is 19.6 Å². The molecule has 2 atom stereocenters. The number of methoxy groups -OCH3 is 1. The second-order valence-electron chi connectivity index (χ2n) is 3.90. The first-order valence-electron chi connectivity index (χ1n) is 5.41. The molecule has 0 aliphatic rings. The molecular formula is C10H14N4O5. The number of ether oxygens (including phenoxy) is 1. The van der Waals surface area contributed by atoms with E-state index in [1.807, 2.05) is 0 Å². The van der Waals surface area contributed by atoms with Crippen molar-refractivity contribution in [2.45, 2.75) is 19.9 Å². The molecule has 9 heteroatoms. The SMILES string of the molecule is COc1ncnc(NC(C)C(C)C(=O)O)c1[N+](=O)[O-]. The Morgan fingerprint density at radius 3 is 2.63 bits per heavy atom. The van der Waals surface area contributed by atoms with Crippen molar-refractivity contribution >= 4 is 17.5 Å². The molecule has 2 N–H and O–H groups in total. The third kappa shape index (κ3) is 3.27. The summed E-state index contributed by atoms with van der Waals surface area (Å²) in [4.78, 5) is 28.5. The summed E-state index contributed by atoms with van der Waals surface area (Å²) in [6, 6.07) is -0.546. The van der Waals surface area contributed by atoms with Crippen LogP contribution >= 0.6 is 0 Å². The Balaban J connectivity index is 3.07. The molecule has 0 aliphatic carbocycles. The van der Waals surface area contributed by atoms with Crippen LogP contribution in [-0.2, 0) is 4.79 Å². The fourth-order valence-corrected chi connectivity index (χ4v) is 1.34. The van der Waals surface area contributed by atoms with Crippen LogP contribution in [0.15, 0.2) is 6.33 Å². The Morgan fingerprint density at radius 2 is 2.16 bits per heavy atom. The molecule has 0 radical (unpaired) electrons. The zero-order valence-electron chi connectivity index (χ0n) is 10.7. The molecule has 1 heterocycles. The van der Waals surface area contributed by atoms with Gasteiger partial charge in [-0.25, -0.2) is 4.98 Å². The van der Waals surface area contributed by atoms with Crippen LogP contribution in [0.4, 0.5) is 11.5 Å². The number of rotatable bonds is 6.